The van der Waals surface area contributed by atoms with E-state index in [1.165, 1.54) is 0 Å². The van der Waals surface area contributed by atoms with Gasteiger partial charge in [-0.1, -0.05) is 6.08 Å². The van der Waals surface area contributed by atoms with Gasteiger partial charge in [-0.25, -0.2) is 0 Å². The average molecular weight is 184 g/mol. The highest BCUT2D eigenvalue weighted by atomic mass is 16.5. The van der Waals surface area contributed by atoms with Crippen LogP contribution in [-0.2, 0) is 4.74 Å². The Labute approximate surface area is 80.8 Å². The van der Waals surface area contributed by atoms with E-state index in [-0.39, 0.29) is 0 Å². The zero-order valence-electron chi connectivity index (χ0n) is 8.46. The third-order valence-corrected chi connectivity index (χ3v) is 2.30. The summed E-state index contributed by atoms with van der Waals surface area (Å²) in [5.74, 6) is 0. The highest BCUT2D eigenvalue weighted by Gasteiger charge is 2.12. The maximum Gasteiger partial charge on any atom is 0.0620 e. The van der Waals surface area contributed by atoms with Gasteiger partial charge in [0.05, 0.1) is 13.2 Å². The zero-order valence-corrected chi connectivity index (χ0v) is 8.46. The standard InChI is InChI=1S/C10H20N2O/c1-3-6-12(2)7-4-10-9-13-8-5-11-10/h3,10-11H,1,4-9H2,2H3. The Morgan fingerprint density at radius 1 is 1.69 bits per heavy atom. The molecule has 0 amide bonds. The van der Waals surface area contributed by atoms with Gasteiger partial charge in [-0.05, 0) is 20.0 Å². The number of hydrogen-bond acceptors (Lipinski definition) is 3. The molecule has 0 aliphatic carbocycles. The van der Waals surface area contributed by atoms with Gasteiger partial charge in [-0.2, -0.15) is 0 Å². The fraction of sp³-hybridized carbons (Fsp3) is 0.800. The smallest absolute Gasteiger partial charge is 0.0620 e. The predicted molar refractivity (Wildman–Crippen MR) is 54.9 cm³/mol. The lowest BCUT2D eigenvalue weighted by Crippen LogP contribution is -2.42. The van der Waals surface area contributed by atoms with E-state index in [0.717, 1.165) is 39.3 Å². The molecule has 0 radical (unpaired) electrons. The lowest BCUT2D eigenvalue weighted by atomic mass is 10.2. The number of morpholine rings is 1. The molecule has 1 N–H and O–H groups in total. The summed E-state index contributed by atoms with van der Waals surface area (Å²) in [6.07, 6.45) is 3.09. The Bertz CT molecular complexity index is 144. The molecule has 76 valence electrons. The Morgan fingerprint density at radius 2 is 2.54 bits per heavy atom. The van der Waals surface area contributed by atoms with Crippen molar-refractivity contribution in [2.75, 3.05) is 39.9 Å². The molecular formula is C10H20N2O. The van der Waals surface area contributed by atoms with Crippen molar-refractivity contribution in [3.63, 3.8) is 0 Å². The van der Waals surface area contributed by atoms with Crippen LogP contribution in [0.1, 0.15) is 6.42 Å². The molecule has 1 aliphatic rings. The van der Waals surface area contributed by atoms with Crippen molar-refractivity contribution >= 4 is 0 Å². The fourth-order valence-corrected chi connectivity index (χ4v) is 1.49. The number of nitrogens with one attached hydrogen (secondary N) is 1. The van der Waals surface area contributed by atoms with Gasteiger partial charge in [-0.3, -0.25) is 0 Å². The monoisotopic (exact) mass is 184 g/mol. The second-order valence-electron chi connectivity index (χ2n) is 3.57. The normalized spacial score (nSPS) is 23.4. The van der Waals surface area contributed by atoms with Crippen LogP contribution in [0.4, 0.5) is 0 Å². The van der Waals surface area contributed by atoms with Crippen molar-refractivity contribution in [1.29, 1.82) is 0 Å². The van der Waals surface area contributed by atoms with E-state index in [2.05, 4.69) is 23.8 Å². The van der Waals surface area contributed by atoms with E-state index in [0.29, 0.717) is 6.04 Å². The van der Waals surface area contributed by atoms with Gasteiger partial charge in [-0.15, -0.1) is 6.58 Å². The predicted octanol–water partition coefficient (Wildman–Crippen LogP) is 0.483. The minimum atomic E-state index is 0.543. The molecule has 0 aromatic rings. The van der Waals surface area contributed by atoms with Crippen LogP contribution in [0.25, 0.3) is 0 Å². The van der Waals surface area contributed by atoms with E-state index < -0.39 is 0 Å². The molecule has 1 aliphatic heterocycles. The van der Waals surface area contributed by atoms with Crippen molar-refractivity contribution in [3.8, 4) is 0 Å². The van der Waals surface area contributed by atoms with Gasteiger partial charge >= 0.3 is 0 Å². The van der Waals surface area contributed by atoms with Crippen molar-refractivity contribution in [3.05, 3.63) is 12.7 Å². The highest BCUT2D eigenvalue weighted by Crippen LogP contribution is 1.99. The van der Waals surface area contributed by atoms with Crippen molar-refractivity contribution in [2.24, 2.45) is 0 Å². The van der Waals surface area contributed by atoms with Crippen LogP contribution in [0.3, 0.4) is 0 Å². The van der Waals surface area contributed by atoms with Crippen LogP contribution in [0.2, 0.25) is 0 Å². The van der Waals surface area contributed by atoms with Crippen LogP contribution >= 0.6 is 0 Å². The number of rotatable bonds is 5. The molecule has 0 saturated carbocycles. The van der Waals surface area contributed by atoms with E-state index in [9.17, 15) is 0 Å². The summed E-state index contributed by atoms with van der Waals surface area (Å²) in [5, 5.41) is 3.44. The molecule has 1 fully saturated rings. The third kappa shape index (κ3) is 4.41. The summed E-state index contributed by atoms with van der Waals surface area (Å²) in [4.78, 5) is 2.27. The average Bonchev–Trinajstić information content (AvgIpc) is 2.17. The highest BCUT2D eigenvalue weighted by molar-refractivity contribution is 4.75. The lowest BCUT2D eigenvalue weighted by molar-refractivity contribution is 0.0714. The Balaban J connectivity index is 2.06. The van der Waals surface area contributed by atoms with Crippen molar-refractivity contribution < 1.29 is 4.74 Å². The van der Waals surface area contributed by atoms with Crippen LogP contribution < -0.4 is 5.32 Å². The number of nitrogens with zero attached hydrogens (tertiary/aromatic N) is 1. The fourth-order valence-electron chi connectivity index (χ4n) is 1.49. The summed E-state index contributed by atoms with van der Waals surface area (Å²) >= 11 is 0. The summed E-state index contributed by atoms with van der Waals surface area (Å²) in [6, 6.07) is 0.543. The van der Waals surface area contributed by atoms with Crippen LogP contribution in [0.15, 0.2) is 12.7 Å². The maximum absolute atomic E-state index is 5.37. The molecular weight excluding hydrogens is 164 g/mol. The van der Waals surface area contributed by atoms with E-state index >= 15 is 0 Å². The summed E-state index contributed by atoms with van der Waals surface area (Å²) in [6.45, 7) is 8.50. The van der Waals surface area contributed by atoms with Crippen molar-refractivity contribution in [2.45, 2.75) is 12.5 Å². The molecule has 0 bridgehead atoms. The minimum absolute atomic E-state index is 0.543. The van der Waals surface area contributed by atoms with Gasteiger partial charge in [0.25, 0.3) is 0 Å². The molecule has 1 rings (SSSR count). The Kier molecular flexibility index (Phi) is 5.05. The first-order valence-corrected chi connectivity index (χ1v) is 4.93. The van der Waals surface area contributed by atoms with Gasteiger partial charge in [0.15, 0.2) is 0 Å². The molecule has 0 aromatic heterocycles. The molecule has 3 heteroatoms. The van der Waals surface area contributed by atoms with E-state index in [4.69, 9.17) is 4.74 Å². The topological polar surface area (TPSA) is 24.5 Å². The summed E-state index contributed by atoms with van der Waals surface area (Å²) < 4.78 is 5.37. The first-order valence-electron chi connectivity index (χ1n) is 4.93. The van der Waals surface area contributed by atoms with Crippen LogP contribution in [0.5, 0.6) is 0 Å². The quantitative estimate of drug-likeness (QED) is 0.629. The van der Waals surface area contributed by atoms with Gasteiger partial charge < -0.3 is 15.0 Å². The SMILES string of the molecule is C=CCN(C)CCC1COCCN1. The first kappa shape index (κ1) is 10.7. The summed E-state index contributed by atoms with van der Waals surface area (Å²) in [7, 11) is 2.12. The molecule has 0 spiro atoms. The number of hydrogen-bond donors (Lipinski definition) is 1. The van der Waals surface area contributed by atoms with Crippen LogP contribution in [-0.4, -0.2) is 50.8 Å². The third-order valence-electron chi connectivity index (χ3n) is 2.30. The van der Waals surface area contributed by atoms with Crippen molar-refractivity contribution in [1.82, 2.24) is 10.2 Å². The number of ether oxygens (including phenoxy) is 1. The molecule has 3 nitrogen and oxygen atoms in total. The lowest BCUT2D eigenvalue weighted by Gasteiger charge is -2.25. The van der Waals surface area contributed by atoms with Gasteiger partial charge in [0.2, 0.25) is 0 Å². The second kappa shape index (κ2) is 6.13. The largest absolute Gasteiger partial charge is 0.379 e. The van der Waals surface area contributed by atoms with Gasteiger partial charge in [0, 0.05) is 19.1 Å². The molecule has 1 unspecified atom stereocenters. The molecule has 1 heterocycles. The number of likely N-dealkylation sites (N-methyl/N-ethyl adjacent to an activating group) is 1. The Morgan fingerprint density at radius 3 is 3.15 bits per heavy atom. The maximum atomic E-state index is 5.37. The van der Waals surface area contributed by atoms with Crippen LogP contribution in [0, 0.1) is 0 Å². The van der Waals surface area contributed by atoms with E-state index in [1.807, 2.05) is 6.08 Å². The molecule has 1 saturated heterocycles. The van der Waals surface area contributed by atoms with E-state index in [1.54, 1.807) is 0 Å². The zero-order chi connectivity index (χ0) is 9.52. The molecule has 0 aromatic carbocycles. The molecule has 1 atom stereocenters. The van der Waals surface area contributed by atoms with Gasteiger partial charge in [0.1, 0.15) is 0 Å². The Hall–Kier alpha value is -0.380. The molecule has 13 heavy (non-hydrogen) atoms. The first-order chi connectivity index (χ1) is 6.33. The summed E-state index contributed by atoms with van der Waals surface area (Å²) in [5.41, 5.74) is 0. The minimum Gasteiger partial charge on any atom is -0.379 e. The second-order valence-corrected chi connectivity index (χ2v) is 3.57.